The van der Waals surface area contributed by atoms with Gasteiger partial charge in [-0.1, -0.05) is 42.3 Å². The number of nitriles is 1. The summed E-state index contributed by atoms with van der Waals surface area (Å²) in [6.45, 7) is 4.30. The molecule has 6 atom stereocenters. The van der Waals surface area contributed by atoms with Gasteiger partial charge in [-0.3, -0.25) is 9.59 Å². The first-order valence-corrected chi connectivity index (χ1v) is 20.7. The molecular weight excluding hydrogens is 767 g/mol. The fourth-order valence-corrected chi connectivity index (χ4v) is 9.19. The van der Waals surface area contributed by atoms with Crippen LogP contribution in [-0.2, 0) is 14.3 Å². The van der Waals surface area contributed by atoms with Crippen LogP contribution in [0.2, 0.25) is 0 Å². The number of aliphatic hydroxyl groups is 3. The number of fused-ring (bicyclic) bond motifs is 2. The SMILES string of the molecule is C=CCOC12Oc3ccc(Oc4cccc(C=O)c4)cc3C3C(CCCCO)C(CCCCO)C=C(C(=NOC)CC1N(CCOCCO)C(=O)c1ccc(C#N)cc1)C32. The monoisotopic (exact) mass is 821 g/mol. The van der Waals surface area contributed by atoms with Crippen molar-refractivity contribution in [2.75, 3.05) is 53.3 Å². The van der Waals surface area contributed by atoms with Gasteiger partial charge in [0.2, 0.25) is 5.79 Å². The van der Waals surface area contributed by atoms with E-state index in [9.17, 15) is 30.2 Å². The standard InChI is InChI=1S/C47H55N3O10/c1-3-23-58-47-43(50(19-24-57-25-22-53)46(55)34-15-13-32(30-48)14-16-34)29-41(49-56-2)39-27-35(10-4-6-20-51)38(12-5-7-21-52)44(45(39)47)40-28-37(17-18-42(40)60-47)59-36-11-8-9-33(26-36)31-54/h3,8-9,11,13-18,26-28,31,35,38,43-45,51-53H,1,4-7,10,12,19-25,29H2,2H3. The highest BCUT2D eigenvalue weighted by Gasteiger charge is 2.65. The third-order valence-electron chi connectivity index (χ3n) is 11.7. The van der Waals surface area contributed by atoms with Gasteiger partial charge in [-0.25, -0.2) is 0 Å². The average Bonchev–Trinajstić information content (AvgIpc) is 3.27. The Balaban J connectivity index is 1.58. The lowest BCUT2D eigenvalue weighted by Gasteiger charge is -2.60. The number of hydrogen-bond donors (Lipinski definition) is 3. The fourth-order valence-electron chi connectivity index (χ4n) is 9.19. The van der Waals surface area contributed by atoms with E-state index in [1.54, 1.807) is 59.5 Å². The van der Waals surface area contributed by atoms with Crippen molar-refractivity contribution in [3.05, 3.63) is 113 Å². The second kappa shape index (κ2) is 21.2. The van der Waals surface area contributed by atoms with Crippen LogP contribution in [0.5, 0.6) is 17.2 Å². The lowest BCUT2D eigenvalue weighted by atomic mass is 9.55. The maximum Gasteiger partial charge on any atom is 0.254 e. The van der Waals surface area contributed by atoms with E-state index in [0.29, 0.717) is 52.5 Å². The number of carbonyl (C=O) groups is 2. The van der Waals surface area contributed by atoms with E-state index in [1.165, 1.54) is 7.11 Å². The molecule has 318 valence electrons. The number of aliphatic hydroxyl groups excluding tert-OH is 3. The van der Waals surface area contributed by atoms with Crippen molar-refractivity contribution in [3.63, 3.8) is 0 Å². The summed E-state index contributed by atoms with van der Waals surface area (Å²) in [4.78, 5) is 33.8. The van der Waals surface area contributed by atoms with Gasteiger partial charge in [-0.05, 0) is 97.7 Å². The molecule has 0 aromatic heterocycles. The van der Waals surface area contributed by atoms with Crippen molar-refractivity contribution in [2.45, 2.75) is 62.7 Å². The van der Waals surface area contributed by atoms with Gasteiger partial charge < -0.3 is 44.0 Å². The summed E-state index contributed by atoms with van der Waals surface area (Å²) in [5, 5.41) is 43.4. The van der Waals surface area contributed by atoms with Crippen molar-refractivity contribution >= 4 is 17.9 Å². The van der Waals surface area contributed by atoms with Crippen molar-refractivity contribution < 1.29 is 48.7 Å². The van der Waals surface area contributed by atoms with E-state index in [2.05, 4.69) is 23.9 Å². The Morgan fingerprint density at radius 2 is 1.77 bits per heavy atom. The number of nitrogens with zero attached hydrogens (tertiary/aromatic N) is 3. The van der Waals surface area contributed by atoms with Crippen LogP contribution in [0.25, 0.3) is 0 Å². The largest absolute Gasteiger partial charge is 0.459 e. The summed E-state index contributed by atoms with van der Waals surface area (Å²) in [6.07, 6.45) is 9.22. The summed E-state index contributed by atoms with van der Waals surface area (Å²) in [6, 6.07) is 20.3. The summed E-state index contributed by atoms with van der Waals surface area (Å²) >= 11 is 0. The van der Waals surface area contributed by atoms with Crippen molar-refractivity contribution in [2.24, 2.45) is 22.9 Å². The highest BCUT2D eigenvalue weighted by Crippen LogP contribution is 2.62. The van der Waals surface area contributed by atoms with E-state index in [-0.39, 0.29) is 76.3 Å². The molecule has 0 spiro atoms. The highest BCUT2D eigenvalue weighted by molar-refractivity contribution is 6.03. The predicted molar refractivity (Wildman–Crippen MR) is 224 cm³/mol. The van der Waals surface area contributed by atoms with Gasteiger partial charge in [0.05, 0.1) is 49.7 Å². The lowest BCUT2D eigenvalue weighted by Crippen LogP contribution is -2.70. The number of carbonyl (C=O) groups excluding carboxylic acids is 2. The predicted octanol–water partition coefficient (Wildman–Crippen LogP) is 6.58. The second-order valence-corrected chi connectivity index (χ2v) is 15.3. The molecule has 1 aliphatic heterocycles. The minimum atomic E-state index is -1.50. The first kappa shape index (κ1) is 44.2. The third kappa shape index (κ3) is 9.65. The van der Waals surface area contributed by atoms with Crippen LogP contribution in [0, 0.1) is 29.1 Å². The molecule has 13 heteroatoms. The van der Waals surface area contributed by atoms with Crippen LogP contribution in [0.3, 0.4) is 0 Å². The van der Waals surface area contributed by atoms with Crippen LogP contribution < -0.4 is 9.47 Å². The van der Waals surface area contributed by atoms with Crippen LogP contribution in [0.4, 0.5) is 0 Å². The molecule has 13 nitrogen and oxygen atoms in total. The van der Waals surface area contributed by atoms with E-state index in [0.717, 1.165) is 43.1 Å². The van der Waals surface area contributed by atoms with Gasteiger partial charge in [-0.2, -0.15) is 5.26 Å². The number of hydrogen-bond acceptors (Lipinski definition) is 12. The molecule has 3 aromatic carbocycles. The topological polar surface area (TPSA) is 180 Å². The number of ether oxygens (including phenoxy) is 4. The highest BCUT2D eigenvalue weighted by atomic mass is 16.7. The Morgan fingerprint density at radius 3 is 2.47 bits per heavy atom. The number of benzene rings is 3. The van der Waals surface area contributed by atoms with Crippen LogP contribution >= 0.6 is 0 Å². The Labute approximate surface area is 351 Å². The minimum absolute atomic E-state index is 0.00917. The van der Waals surface area contributed by atoms with E-state index in [1.807, 2.05) is 18.2 Å². The zero-order valence-electron chi connectivity index (χ0n) is 34.1. The zero-order chi connectivity index (χ0) is 42.5. The van der Waals surface area contributed by atoms with Crippen LogP contribution in [0.15, 0.2) is 96.2 Å². The summed E-state index contributed by atoms with van der Waals surface area (Å²) in [7, 11) is 1.49. The maximum atomic E-state index is 14.9. The Bertz CT molecular complexity index is 2040. The molecule has 6 unspecified atom stereocenters. The van der Waals surface area contributed by atoms with Crippen molar-refractivity contribution in [1.82, 2.24) is 4.90 Å². The summed E-state index contributed by atoms with van der Waals surface area (Å²) in [5.41, 5.74) is 3.64. The molecule has 1 fully saturated rings. The Kier molecular flexibility index (Phi) is 15.7. The molecule has 1 amide bonds. The van der Waals surface area contributed by atoms with Gasteiger partial charge in [-0.15, -0.1) is 6.58 Å². The smallest absolute Gasteiger partial charge is 0.254 e. The first-order chi connectivity index (χ1) is 29.4. The Hall–Kier alpha value is -5.36. The average molecular weight is 822 g/mol. The molecule has 0 saturated heterocycles. The molecule has 6 rings (SSSR count). The van der Waals surface area contributed by atoms with Gasteiger partial charge >= 0.3 is 0 Å². The molecule has 1 saturated carbocycles. The van der Waals surface area contributed by atoms with E-state index < -0.39 is 17.7 Å². The van der Waals surface area contributed by atoms with Crippen LogP contribution in [-0.4, -0.2) is 103 Å². The maximum absolute atomic E-state index is 14.9. The van der Waals surface area contributed by atoms with E-state index in [4.69, 9.17) is 23.8 Å². The number of rotatable bonds is 22. The molecule has 0 bridgehead atoms. The van der Waals surface area contributed by atoms with Crippen LogP contribution in [0.1, 0.15) is 82.7 Å². The zero-order valence-corrected chi connectivity index (χ0v) is 34.1. The molecule has 3 aliphatic rings. The normalized spacial score (nSPS) is 23.3. The van der Waals surface area contributed by atoms with E-state index >= 15 is 0 Å². The number of aldehydes is 1. The second-order valence-electron chi connectivity index (χ2n) is 15.3. The van der Waals surface area contributed by atoms with Gasteiger partial charge in [0.25, 0.3) is 5.91 Å². The van der Waals surface area contributed by atoms with Gasteiger partial charge in [0, 0.05) is 48.8 Å². The molecule has 3 aromatic rings. The molecule has 2 aliphatic carbocycles. The number of oxime groups is 1. The fraction of sp³-hybridized carbons (Fsp3) is 0.447. The first-order valence-electron chi connectivity index (χ1n) is 20.7. The molecular formula is C47H55N3O10. The summed E-state index contributed by atoms with van der Waals surface area (Å²) < 4.78 is 26.5. The molecule has 3 N–H and O–H groups in total. The molecule has 1 heterocycles. The summed E-state index contributed by atoms with van der Waals surface area (Å²) in [5.74, 6) is -1.07. The third-order valence-corrected chi connectivity index (χ3v) is 11.7. The quantitative estimate of drug-likeness (QED) is 0.0432. The number of amides is 1. The number of unbranched alkanes of at least 4 members (excludes halogenated alkanes) is 2. The minimum Gasteiger partial charge on any atom is -0.459 e. The Morgan fingerprint density at radius 1 is 1.00 bits per heavy atom. The molecule has 60 heavy (non-hydrogen) atoms. The lowest BCUT2D eigenvalue weighted by molar-refractivity contribution is -0.254. The van der Waals surface area contributed by atoms with Gasteiger partial charge in [0.15, 0.2) is 0 Å². The number of allylic oxidation sites excluding steroid dienone is 1. The van der Waals surface area contributed by atoms with Gasteiger partial charge in [0.1, 0.15) is 36.7 Å². The molecule has 0 radical (unpaired) electrons. The van der Waals surface area contributed by atoms with Crippen molar-refractivity contribution in [3.8, 4) is 23.3 Å². The van der Waals surface area contributed by atoms with Crippen molar-refractivity contribution in [1.29, 1.82) is 5.26 Å².